The number of aromatic amines is 1. The molecule has 0 spiro atoms. The van der Waals surface area contributed by atoms with Crippen LogP contribution < -0.4 is 10.9 Å². The summed E-state index contributed by atoms with van der Waals surface area (Å²) in [6.45, 7) is 3.97. The van der Waals surface area contributed by atoms with Crippen molar-refractivity contribution in [3.05, 3.63) is 69.7 Å². The fourth-order valence-corrected chi connectivity index (χ4v) is 2.98. The molecule has 0 bridgehead atoms. The molecule has 8 heteroatoms. The van der Waals surface area contributed by atoms with Crippen LogP contribution in [-0.4, -0.2) is 39.0 Å². The molecule has 1 aliphatic rings. The molecule has 2 aromatic rings. The number of carbonyl (C=O) groups is 1. The number of rotatable bonds is 4. The molecule has 1 aliphatic heterocycles. The number of halogens is 1. The van der Waals surface area contributed by atoms with Crippen molar-refractivity contribution >= 4 is 5.91 Å². The molecule has 0 saturated carbocycles. The van der Waals surface area contributed by atoms with Gasteiger partial charge in [-0.05, 0) is 38.6 Å². The van der Waals surface area contributed by atoms with E-state index in [1.165, 1.54) is 24.3 Å². The van der Waals surface area contributed by atoms with Crippen molar-refractivity contribution in [3.8, 4) is 5.75 Å². The second-order valence-corrected chi connectivity index (χ2v) is 6.78. The zero-order valence-corrected chi connectivity index (χ0v) is 15.3. The number of hydrogen-bond donors (Lipinski definition) is 3. The Morgan fingerprint density at radius 1 is 1.41 bits per heavy atom. The van der Waals surface area contributed by atoms with E-state index in [0.717, 1.165) is 0 Å². The van der Waals surface area contributed by atoms with Gasteiger partial charge in [0.1, 0.15) is 11.6 Å². The molecule has 0 saturated heterocycles. The molecule has 1 aromatic carbocycles. The van der Waals surface area contributed by atoms with Crippen molar-refractivity contribution in [3.63, 3.8) is 0 Å². The molecule has 1 aromatic heterocycles. The minimum Gasteiger partial charge on any atom is -0.501 e. The highest BCUT2D eigenvalue weighted by Gasteiger charge is 2.38. The molecular formula is C19H21FN4O3. The predicted octanol–water partition coefficient (Wildman–Crippen LogP) is 1.65. The average molecular weight is 372 g/mol. The van der Waals surface area contributed by atoms with Gasteiger partial charge in [0.05, 0.1) is 5.54 Å². The summed E-state index contributed by atoms with van der Waals surface area (Å²) in [5.41, 5.74) is -1.17. The molecule has 0 radical (unpaired) electrons. The maximum absolute atomic E-state index is 13.0. The van der Waals surface area contributed by atoms with Crippen LogP contribution in [-0.2, 0) is 12.1 Å². The molecular weight excluding hydrogens is 351 g/mol. The summed E-state index contributed by atoms with van der Waals surface area (Å²) in [6, 6.07) is 5.77. The van der Waals surface area contributed by atoms with Gasteiger partial charge < -0.3 is 15.4 Å². The third kappa shape index (κ3) is 3.48. The van der Waals surface area contributed by atoms with Crippen LogP contribution in [0.5, 0.6) is 5.75 Å². The van der Waals surface area contributed by atoms with Crippen molar-refractivity contribution in [1.29, 1.82) is 0 Å². The SMILES string of the molecule is CC1C=CC(C)(c2nc(C(=O)NCc3ccc(F)cc3)c(O)c(=O)[nH]2)N1C. The Morgan fingerprint density at radius 3 is 2.67 bits per heavy atom. The van der Waals surface area contributed by atoms with E-state index in [1.54, 1.807) is 0 Å². The number of benzene rings is 1. The Balaban J connectivity index is 1.88. The van der Waals surface area contributed by atoms with Crippen LogP contribution in [0.4, 0.5) is 4.39 Å². The molecule has 2 heterocycles. The smallest absolute Gasteiger partial charge is 0.294 e. The van der Waals surface area contributed by atoms with Gasteiger partial charge in [-0.2, -0.15) is 0 Å². The summed E-state index contributed by atoms with van der Waals surface area (Å²) in [5.74, 6) is -1.54. The van der Waals surface area contributed by atoms with E-state index >= 15 is 0 Å². The topological polar surface area (TPSA) is 98.3 Å². The van der Waals surface area contributed by atoms with E-state index < -0.39 is 22.8 Å². The number of aromatic nitrogens is 2. The quantitative estimate of drug-likeness (QED) is 0.709. The summed E-state index contributed by atoms with van der Waals surface area (Å²) in [6.07, 6.45) is 3.87. The fourth-order valence-electron chi connectivity index (χ4n) is 2.98. The van der Waals surface area contributed by atoms with E-state index in [2.05, 4.69) is 15.3 Å². The number of amides is 1. The number of hydrogen-bond acceptors (Lipinski definition) is 5. The van der Waals surface area contributed by atoms with Gasteiger partial charge in [-0.1, -0.05) is 24.3 Å². The number of aromatic hydroxyl groups is 1. The summed E-state index contributed by atoms with van der Waals surface area (Å²) in [4.78, 5) is 33.4. The molecule has 3 N–H and O–H groups in total. The lowest BCUT2D eigenvalue weighted by molar-refractivity contribution is 0.0940. The Morgan fingerprint density at radius 2 is 2.07 bits per heavy atom. The number of nitrogens with one attached hydrogen (secondary N) is 2. The molecule has 2 atom stereocenters. The van der Waals surface area contributed by atoms with Crippen molar-refractivity contribution < 1.29 is 14.3 Å². The minimum atomic E-state index is -0.783. The van der Waals surface area contributed by atoms with E-state index in [9.17, 15) is 19.1 Å². The number of carbonyl (C=O) groups excluding carboxylic acids is 1. The third-order valence-corrected chi connectivity index (χ3v) is 5.00. The van der Waals surface area contributed by atoms with Gasteiger partial charge in [-0.25, -0.2) is 9.37 Å². The lowest BCUT2D eigenvalue weighted by Gasteiger charge is -2.33. The third-order valence-electron chi connectivity index (χ3n) is 5.00. The minimum absolute atomic E-state index is 0.108. The first-order valence-corrected chi connectivity index (χ1v) is 8.51. The number of nitrogens with zero attached hydrogens (tertiary/aromatic N) is 2. The van der Waals surface area contributed by atoms with Gasteiger partial charge in [0.15, 0.2) is 5.69 Å². The Hall–Kier alpha value is -3.00. The van der Waals surface area contributed by atoms with Gasteiger partial charge in [0, 0.05) is 12.6 Å². The molecule has 2 unspecified atom stereocenters. The Labute approximate surface area is 155 Å². The lowest BCUT2D eigenvalue weighted by Crippen LogP contribution is -2.42. The zero-order valence-electron chi connectivity index (χ0n) is 15.3. The van der Waals surface area contributed by atoms with Crippen molar-refractivity contribution in [2.24, 2.45) is 0 Å². The highest BCUT2D eigenvalue weighted by atomic mass is 19.1. The Kier molecular flexibility index (Phi) is 4.84. The predicted molar refractivity (Wildman–Crippen MR) is 97.8 cm³/mol. The van der Waals surface area contributed by atoms with Crippen molar-refractivity contribution in [1.82, 2.24) is 20.2 Å². The molecule has 0 fully saturated rings. The van der Waals surface area contributed by atoms with Crippen LogP contribution in [0.1, 0.15) is 35.7 Å². The summed E-state index contributed by atoms with van der Waals surface area (Å²) in [7, 11) is 1.88. The maximum Gasteiger partial charge on any atom is 0.294 e. The summed E-state index contributed by atoms with van der Waals surface area (Å²) < 4.78 is 13.0. The largest absolute Gasteiger partial charge is 0.501 e. The molecule has 7 nitrogen and oxygen atoms in total. The highest BCUT2D eigenvalue weighted by molar-refractivity contribution is 5.94. The van der Waals surface area contributed by atoms with Crippen molar-refractivity contribution in [2.75, 3.05) is 7.05 Å². The second kappa shape index (κ2) is 6.96. The summed E-state index contributed by atoms with van der Waals surface area (Å²) in [5, 5.41) is 12.6. The lowest BCUT2D eigenvalue weighted by atomic mass is 10.0. The normalized spacial score (nSPS) is 22.1. The van der Waals surface area contributed by atoms with E-state index in [-0.39, 0.29) is 29.9 Å². The first kappa shape index (κ1) is 18.8. The second-order valence-electron chi connectivity index (χ2n) is 6.78. The highest BCUT2D eigenvalue weighted by Crippen LogP contribution is 2.33. The van der Waals surface area contributed by atoms with Gasteiger partial charge in [-0.3, -0.25) is 14.5 Å². The standard InChI is InChI=1S/C19H21FN4O3/c1-11-8-9-19(2,24(11)3)18-22-14(15(25)17(27)23-18)16(26)21-10-12-4-6-13(20)7-5-12/h4-9,11,25H,10H2,1-3H3,(H,21,26)(H,22,23,27). The van der Waals surface area contributed by atoms with Crippen molar-refractivity contribution in [2.45, 2.75) is 32.0 Å². The summed E-state index contributed by atoms with van der Waals surface area (Å²) >= 11 is 0. The molecule has 142 valence electrons. The van der Waals surface area contributed by atoms with Gasteiger partial charge in [0.25, 0.3) is 11.5 Å². The number of likely N-dealkylation sites (N-methyl/N-ethyl adjacent to an activating group) is 1. The van der Waals surface area contributed by atoms with E-state index in [0.29, 0.717) is 5.56 Å². The Bertz CT molecular complexity index is 954. The number of H-pyrrole nitrogens is 1. The van der Waals surface area contributed by atoms with E-state index in [4.69, 9.17) is 0 Å². The molecule has 1 amide bonds. The van der Waals surface area contributed by atoms with Gasteiger partial charge in [0.2, 0.25) is 5.75 Å². The van der Waals surface area contributed by atoms with Crippen LogP contribution in [0.15, 0.2) is 41.2 Å². The molecule has 27 heavy (non-hydrogen) atoms. The van der Waals surface area contributed by atoms with Crippen LogP contribution in [0.3, 0.4) is 0 Å². The molecule has 3 rings (SSSR count). The van der Waals surface area contributed by atoms with Crippen LogP contribution in [0.25, 0.3) is 0 Å². The van der Waals surface area contributed by atoms with E-state index in [1.807, 2.05) is 37.9 Å². The zero-order chi connectivity index (χ0) is 19.8. The van der Waals surface area contributed by atoms with Gasteiger partial charge in [-0.15, -0.1) is 0 Å². The average Bonchev–Trinajstić information content (AvgIpc) is 2.91. The first-order chi connectivity index (χ1) is 12.7. The van der Waals surface area contributed by atoms with Crippen LogP contribution in [0.2, 0.25) is 0 Å². The van der Waals surface area contributed by atoms with Gasteiger partial charge >= 0.3 is 0 Å². The molecule has 0 aliphatic carbocycles. The van der Waals surface area contributed by atoms with Crippen LogP contribution >= 0.6 is 0 Å². The fraction of sp³-hybridized carbons (Fsp3) is 0.316. The van der Waals surface area contributed by atoms with Crippen LogP contribution in [0, 0.1) is 5.82 Å². The monoisotopic (exact) mass is 372 g/mol. The maximum atomic E-state index is 13.0. The first-order valence-electron chi connectivity index (χ1n) is 8.51.